The second-order valence-corrected chi connectivity index (χ2v) is 7.06. The Kier molecular flexibility index (Phi) is 4.26. The van der Waals surface area contributed by atoms with Crippen LogP contribution in [-0.2, 0) is 0 Å². The SMILES string of the molecule is Cc1cc(-c2ccccc2)ccc1N1c2c(ccc(C#N)c2C#N)N(C)[C@@H]1C. The largest absolute Gasteiger partial charge is 0.352 e. The lowest BCUT2D eigenvalue weighted by Gasteiger charge is -2.29. The van der Waals surface area contributed by atoms with Crippen LogP contribution in [0.2, 0.25) is 0 Å². The van der Waals surface area contributed by atoms with Crippen molar-refractivity contribution in [2.75, 3.05) is 16.8 Å². The molecule has 136 valence electrons. The molecule has 3 aromatic rings. The lowest BCUT2D eigenvalue weighted by atomic mass is 10.0. The fourth-order valence-corrected chi connectivity index (χ4v) is 3.93. The maximum atomic E-state index is 9.77. The molecule has 0 fully saturated rings. The van der Waals surface area contributed by atoms with E-state index in [-0.39, 0.29) is 6.17 Å². The van der Waals surface area contributed by atoms with Gasteiger partial charge in [0.25, 0.3) is 0 Å². The van der Waals surface area contributed by atoms with Crippen molar-refractivity contribution in [3.05, 3.63) is 77.4 Å². The van der Waals surface area contributed by atoms with Crippen LogP contribution in [0, 0.1) is 29.6 Å². The van der Waals surface area contributed by atoms with Gasteiger partial charge in [-0.1, -0.05) is 36.4 Å². The molecule has 0 N–H and O–H groups in total. The van der Waals surface area contributed by atoms with E-state index in [2.05, 4.69) is 66.1 Å². The van der Waals surface area contributed by atoms with Gasteiger partial charge in [0.05, 0.1) is 22.5 Å². The quantitative estimate of drug-likeness (QED) is 0.616. The number of hydrogen-bond donors (Lipinski definition) is 0. The molecule has 0 saturated heterocycles. The zero-order chi connectivity index (χ0) is 19.8. The molecule has 1 aliphatic rings. The summed E-state index contributed by atoms with van der Waals surface area (Å²) in [7, 11) is 2.02. The molecule has 28 heavy (non-hydrogen) atoms. The third-order valence-corrected chi connectivity index (χ3v) is 5.51. The van der Waals surface area contributed by atoms with Gasteiger partial charge in [-0.15, -0.1) is 0 Å². The Labute approximate surface area is 165 Å². The second kappa shape index (κ2) is 6.76. The lowest BCUT2D eigenvalue weighted by molar-refractivity contribution is 0.732. The predicted octanol–water partition coefficient (Wildman–Crippen LogP) is 5.34. The van der Waals surface area contributed by atoms with E-state index >= 15 is 0 Å². The molecule has 0 radical (unpaired) electrons. The van der Waals surface area contributed by atoms with E-state index in [9.17, 15) is 10.5 Å². The van der Waals surface area contributed by atoms with E-state index < -0.39 is 0 Å². The minimum atomic E-state index is 0.0392. The van der Waals surface area contributed by atoms with E-state index in [4.69, 9.17) is 0 Å². The first-order valence-corrected chi connectivity index (χ1v) is 9.22. The zero-order valence-corrected chi connectivity index (χ0v) is 16.1. The molecule has 4 heteroatoms. The van der Waals surface area contributed by atoms with Crippen molar-refractivity contribution >= 4 is 17.1 Å². The van der Waals surface area contributed by atoms with Gasteiger partial charge in [0.15, 0.2) is 0 Å². The lowest BCUT2D eigenvalue weighted by Crippen LogP contribution is -2.36. The molecule has 0 aliphatic carbocycles. The van der Waals surface area contributed by atoms with Crippen molar-refractivity contribution in [1.29, 1.82) is 10.5 Å². The fourth-order valence-electron chi connectivity index (χ4n) is 3.93. The van der Waals surface area contributed by atoms with Crippen molar-refractivity contribution < 1.29 is 0 Å². The highest BCUT2D eigenvalue weighted by molar-refractivity contribution is 5.90. The van der Waals surface area contributed by atoms with Crippen LogP contribution in [0.4, 0.5) is 17.1 Å². The van der Waals surface area contributed by atoms with Gasteiger partial charge in [-0.2, -0.15) is 10.5 Å². The average Bonchev–Trinajstić information content (AvgIpc) is 2.98. The molecule has 1 heterocycles. The van der Waals surface area contributed by atoms with Crippen LogP contribution in [0.25, 0.3) is 11.1 Å². The first kappa shape index (κ1) is 17.6. The summed E-state index contributed by atoms with van der Waals surface area (Å²) in [4.78, 5) is 4.31. The Balaban J connectivity index is 1.88. The van der Waals surface area contributed by atoms with E-state index in [1.54, 1.807) is 6.07 Å². The highest BCUT2D eigenvalue weighted by Crippen LogP contribution is 2.47. The first-order chi connectivity index (χ1) is 13.6. The Morgan fingerprint density at radius 2 is 1.57 bits per heavy atom. The van der Waals surface area contributed by atoms with E-state index in [0.717, 1.165) is 28.2 Å². The molecule has 3 aromatic carbocycles. The number of anilines is 3. The van der Waals surface area contributed by atoms with Crippen LogP contribution in [0.3, 0.4) is 0 Å². The Morgan fingerprint density at radius 1 is 0.857 bits per heavy atom. The molecular weight excluding hydrogens is 344 g/mol. The summed E-state index contributed by atoms with van der Waals surface area (Å²) < 4.78 is 0. The Morgan fingerprint density at radius 3 is 2.21 bits per heavy atom. The van der Waals surface area contributed by atoms with Crippen LogP contribution >= 0.6 is 0 Å². The van der Waals surface area contributed by atoms with Gasteiger partial charge < -0.3 is 9.80 Å². The summed E-state index contributed by atoms with van der Waals surface area (Å²) in [5.41, 5.74) is 7.13. The molecular formula is C24H20N4. The number of fused-ring (bicyclic) bond motifs is 1. The van der Waals surface area contributed by atoms with Gasteiger partial charge in [0.1, 0.15) is 18.3 Å². The van der Waals surface area contributed by atoms with E-state index in [1.807, 2.05) is 31.3 Å². The Bertz CT molecular complexity index is 1140. The third-order valence-electron chi connectivity index (χ3n) is 5.51. The van der Waals surface area contributed by atoms with Gasteiger partial charge in [-0.25, -0.2) is 0 Å². The normalized spacial score (nSPS) is 15.1. The molecule has 0 saturated carbocycles. The number of benzene rings is 3. The molecule has 0 amide bonds. The van der Waals surface area contributed by atoms with Crippen molar-refractivity contribution in [2.24, 2.45) is 0 Å². The van der Waals surface area contributed by atoms with Gasteiger partial charge >= 0.3 is 0 Å². The standard InChI is InChI=1S/C24H20N4/c1-16-13-19(18-7-5-4-6-8-18)9-11-22(16)28-17(2)27(3)23-12-10-20(14-25)21(15-26)24(23)28/h4-13,17H,1-3H3/t17-/m0/s1. The summed E-state index contributed by atoms with van der Waals surface area (Å²) in [6, 6.07) is 24.8. The van der Waals surface area contributed by atoms with Crippen LogP contribution in [0.5, 0.6) is 0 Å². The molecule has 1 aliphatic heterocycles. The molecule has 0 unspecified atom stereocenters. The number of rotatable bonds is 2. The van der Waals surface area contributed by atoms with Gasteiger partial charge in [-0.05, 0) is 54.8 Å². The zero-order valence-electron chi connectivity index (χ0n) is 16.1. The molecule has 0 spiro atoms. The summed E-state index contributed by atoms with van der Waals surface area (Å²) in [5.74, 6) is 0. The maximum Gasteiger partial charge on any atom is 0.103 e. The molecule has 0 bridgehead atoms. The molecule has 4 rings (SSSR count). The summed E-state index contributed by atoms with van der Waals surface area (Å²) in [6.45, 7) is 4.20. The molecule has 1 atom stereocenters. The van der Waals surface area contributed by atoms with E-state index in [0.29, 0.717) is 11.1 Å². The molecule has 0 aromatic heterocycles. The average molecular weight is 364 g/mol. The minimum absolute atomic E-state index is 0.0392. The third kappa shape index (κ3) is 2.59. The molecule has 4 nitrogen and oxygen atoms in total. The monoisotopic (exact) mass is 364 g/mol. The topological polar surface area (TPSA) is 54.1 Å². The second-order valence-electron chi connectivity index (χ2n) is 7.06. The summed E-state index contributed by atoms with van der Waals surface area (Å²) >= 11 is 0. The van der Waals surface area contributed by atoms with Crippen LogP contribution in [0.15, 0.2) is 60.7 Å². The highest BCUT2D eigenvalue weighted by atomic mass is 15.4. The predicted molar refractivity (Wildman–Crippen MR) is 112 cm³/mol. The van der Waals surface area contributed by atoms with Gasteiger partial charge in [0.2, 0.25) is 0 Å². The van der Waals surface area contributed by atoms with Crippen molar-refractivity contribution in [3.8, 4) is 23.3 Å². The first-order valence-electron chi connectivity index (χ1n) is 9.22. The van der Waals surface area contributed by atoms with Gasteiger partial charge in [-0.3, -0.25) is 0 Å². The number of nitrogens with zero attached hydrogens (tertiary/aromatic N) is 4. The van der Waals surface area contributed by atoms with Gasteiger partial charge in [0, 0.05) is 12.7 Å². The van der Waals surface area contributed by atoms with Crippen molar-refractivity contribution in [2.45, 2.75) is 20.0 Å². The number of aryl methyl sites for hydroxylation is 1. The number of hydrogen-bond acceptors (Lipinski definition) is 4. The maximum absolute atomic E-state index is 9.77. The fraction of sp³-hybridized carbons (Fsp3) is 0.167. The smallest absolute Gasteiger partial charge is 0.103 e. The van der Waals surface area contributed by atoms with Crippen molar-refractivity contribution in [1.82, 2.24) is 0 Å². The van der Waals surface area contributed by atoms with Crippen LogP contribution in [0.1, 0.15) is 23.6 Å². The number of nitriles is 2. The van der Waals surface area contributed by atoms with Crippen LogP contribution < -0.4 is 9.80 Å². The Hall–Kier alpha value is -3.76. The van der Waals surface area contributed by atoms with Crippen LogP contribution in [-0.4, -0.2) is 13.2 Å². The van der Waals surface area contributed by atoms with Crippen molar-refractivity contribution in [3.63, 3.8) is 0 Å². The summed E-state index contributed by atoms with van der Waals surface area (Å²) in [6.07, 6.45) is 0.0392. The minimum Gasteiger partial charge on any atom is -0.352 e. The van der Waals surface area contributed by atoms with E-state index in [1.165, 1.54) is 5.56 Å². The highest BCUT2D eigenvalue weighted by Gasteiger charge is 2.35. The summed E-state index contributed by atoms with van der Waals surface area (Å²) in [5, 5.41) is 19.2.